The van der Waals surface area contributed by atoms with Gasteiger partial charge in [0, 0.05) is 11.3 Å². The van der Waals surface area contributed by atoms with Gasteiger partial charge in [0.05, 0.1) is 23.2 Å². The monoisotopic (exact) mass is 378 g/mol. The van der Waals surface area contributed by atoms with Crippen LogP contribution in [-0.2, 0) is 11.2 Å². The average molecular weight is 379 g/mol. The molecule has 0 bridgehead atoms. The molecule has 1 amide bonds. The third-order valence-corrected chi connectivity index (χ3v) is 5.22. The second-order valence-corrected chi connectivity index (χ2v) is 8.63. The Bertz CT molecular complexity index is 737. The topological polar surface area (TPSA) is 51.2 Å². The van der Waals surface area contributed by atoms with E-state index in [-0.39, 0.29) is 36.1 Å². The molecule has 0 spiro atoms. The smallest absolute Gasteiger partial charge is 0.226 e. The highest BCUT2D eigenvalue weighted by Crippen LogP contribution is 2.23. The zero-order chi connectivity index (χ0) is 19.3. The lowest BCUT2D eigenvalue weighted by atomic mass is 9.87. The van der Waals surface area contributed by atoms with Crippen molar-refractivity contribution >= 4 is 17.2 Å². The quantitative estimate of drug-likeness (QED) is 0.768. The molecule has 0 fully saturated rings. The molecule has 2 rings (SSSR count). The standard InChI is InChI=1S/C20H27FN2O2S/c1-13(2)19-22-14(12-26-19)10-18(24)23-17(20(3,4)5)11-25-16-9-7-6-8-15(16)21/h6-9,12-13,17H,10-11H2,1-5H3,(H,23,24). The Morgan fingerprint density at radius 1 is 1.31 bits per heavy atom. The molecular weight excluding hydrogens is 351 g/mol. The minimum Gasteiger partial charge on any atom is -0.488 e. The highest BCUT2D eigenvalue weighted by atomic mass is 32.1. The van der Waals surface area contributed by atoms with E-state index < -0.39 is 5.82 Å². The van der Waals surface area contributed by atoms with Crippen molar-refractivity contribution in [2.24, 2.45) is 5.41 Å². The molecular formula is C20H27FN2O2S. The van der Waals surface area contributed by atoms with Gasteiger partial charge in [0.2, 0.25) is 5.91 Å². The Morgan fingerprint density at radius 3 is 2.58 bits per heavy atom. The average Bonchev–Trinajstić information content (AvgIpc) is 3.00. The number of thiazole rings is 1. The predicted molar refractivity (Wildman–Crippen MR) is 103 cm³/mol. The van der Waals surface area contributed by atoms with Crippen molar-refractivity contribution < 1.29 is 13.9 Å². The van der Waals surface area contributed by atoms with Crippen LogP contribution < -0.4 is 10.1 Å². The first-order valence-corrected chi connectivity index (χ1v) is 9.65. The van der Waals surface area contributed by atoms with Gasteiger partial charge in [-0.3, -0.25) is 4.79 Å². The number of amides is 1. The third-order valence-electron chi connectivity index (χ3n) is 4.03. The minimum atomic E-state index is -0.407. The van der Waals surface area contributed by atoms with Gasteiger partial charge in [-0.1, -0.05) is 46.8 Å². The Kier molecular flexibility index (Phi) is 6.75. The van der Waals surface area contributed by atoms with Crippen LogP contribution in [0.1, 0.15) is 51.2 Å². The Labute approximate surface area is 158 Å². The van der Waals surface area contributed by atoms with Crippen molar-refractivity contribution in [1.82, 2.24) is 10.3 Å². The van der Waals surface area contributed by atoms with Gasteiger partial charge < -0.3 is 10.1 Å². The first-order valence-electron chi connectivity index (χ1n) is 8.78. The Morgan fingerprint density at radius 2 is 2.00 bits per heavy atom. The van der Waals surface area contributed by atoms with Crippen LogP contribution in [0.3, 0.4) is 0 Å². The SMILES string of the molecule is CC(C)c1nc(CC(=O)NC(COc2ccccc2F)C(C)(C)C)cs1. The molecule has 2 aromatic rings. The molecule has 0 radical (unpaired) electrons. The van der Waals surface area contributed by atoms with Crippen LogP contribution in [0.15, 0.2) is 29.6 Å². The summed E-state index contributed by atoms with van der Waals surface area (Å²) < 4.78 is 19.3. The number of hydrogen-bond acceptors (Lipinski definition) is 4. The number of carbonyl (C=O) groups is 1. The number of nitrogens with zero attached hydrogens (tertiary/aromatic N) is 1. The van der Waals surface area contributed by atoms with E-state index in [2.05, 4.69) is 24.1 Å². The number of aromatic nitrogens is 1. The van der Waals surface area contributed by atoms with Crippen LogP contribution in [0.2, 0.25) is 0 Å². The van der Waals surface area contributed by atoms with Gasteiger partial charge in [-0.25, -0.2) is 9.37 Å². The van der Waals surface area contributed by atoms with Crippen LogP contribution in [0.25, 0.3) is 0 Å². The molecule has 142 valence electrons. The number of rotatable bonds is 7. The van der Waals surface area contributed by atoms with Gasteiger partial charge in [-0.2, -0.15) is 0 Å². The molecule has 0 aliphatic heterocycles. The van der Waals surface area contributed by atoms with Crippen LogP contribution in [-0.4, -0.2) is 23.5 Å². The maximum atomic E-state index is 13.7. The largest absolute Gasteiger partial charge is 0.488 e. The summed E-state index contributed by atoms with van der Waals surface area (Å²) in [5.74, 6) is 0.0308. The van der Waals surface area contributed by atoms with E-state index in [1.54, 1.807) is 29.5 Å². The fourth-order valence-corrected chi connectivity index (χ4v) is 3.16. The Balaban J connectivity index is 1.98. The lowest BCUT2D eigenvalue weighted by Gasteiger charge is -2.31. The number of halogens is 1. The number of ether oxygens (including phenoxy) is 1. The van der Waals surface area contributed by atoms with Crippen LogP contribution in [0.5, 0.6) is 5.75 Å². The van der Waals surface area contributed by atoms with Gasteiger partial charge in [0.15, 0.2) is 11.6 Å². The molecule has 1 aromatic carbocycles. The summed E-state index contributed by atoms with van der Waals surface area (Å²) in [6.07, 6.45) is 0.232. The zero-order valence-corrected chi connectivity index (χ0v) is 16.8. The number of nitrogens with one attached hydrogen (secondary N) is 1. The second-order valence-electron chi connectivity index (χ2n) is 7.74. The van der Waals surface area contributed by atoms with Gasteiger partial charge in [-0.15, -0.1) is 11.3 Å². The lowest BCUT2D eigenvalue weighted by molar-refractivity contribution is -0.122. The summed E-state index contributed by atoms with van der Waals surface area (Å²) in [4.78, 5) is 17.0. The second kappa shape index (κ2) is 8.62. The molecule has 4 nitrogen and oxygen atoms in total. The molecule has 1 aromatic heterocycles. The summed E-state index contributed by atoms with van der Waals surface area (Å²) in [5.41, 5.74) is 0.547. The van der Waals surface area contributed by atoms with Crippen molar-refractivity contribution in [2.45, 2.75) is 53.0 Å². The first-order chi connectivity index (χ1) is 12.2. The fourth-order valence-electron chi connectivity index (χ4n) is 2.32. The van der Waals surface area contributed by atoms with E-state index in [0.717, 1.165) is 10.7 Å². The molecule has 0 aliphatic carbocycles. The van der Waals surface area contributed by atoms with Crippen LogP contribution in [0, 0.1) is 11.2 Å². The van der Waals surface area contributed by atoms with Crippen molar-refractivity contribution in [3.05, 3.63) is 46.2 Å². The molecule has 1 unspecified atom stereocenters. The molecule has 1 N–H and O–H groups in total. The maximum absolute atomic E-state index is 13.7. The van der Waals surface area contributed by atoms with Gasteiger partial charge >= 0.3 is 0 Å². The Hall–Kier alpha value is -1.95. The summed E-state index contributed by atoms with van der Waals surface area (Å²) in [5, 5.41) is 5.97. The lowest BCUT2D eigenvalue weighted by Crippen LogP contribution is -2.48. The van der Waals surface area contributed by atoms with Gasteiger partial charge in [-0.05, 0) is 17.5 Å². The minimum absolute atomic E-state index is 0.109. The van der Waals surface area contributed by atoms with E-state index in [1.165, 1.54) is 6.07 Å². The van der Waals surface area contributed by atoms with E-state index in [4.69, 9.17) is 4.74 Å². The van der Waals surface area contributed by atoms with E-state index >= 15 is 0 Å². The molecule has 26 heavy (non-hydrogen) atoms. The molecule has 0 saturated heterocycles. The normalized spacial score (nSPS) is 12.9. The zero-order valence-electron chi connectivity index (χ0n) is 16.0. The number of benzene rings is 1. The summed E-state index contributed by atoms with van der Waals surface area (Å²) in [6.45, 7) is 10.4. The third kappa shape index (κ3) is 5.80. The van der Waals surface area contributed by atoms with Crippen molar-refractivity contribution in [3.8, 4) is 5.75 Å². The molecule has 0 aliphatic rings. The van der Waals surface area contributed by atoms with Crippen molar-refractivity contribution in [1.29, 1.82) is 0 Å². The van der Waals surface area contributed by atoms with Gasteiger partial charge in [0.25, 0.3) is 0 Å². The van der Waals surface area contributed by atoms with Crippen LogP contribution >= 0.6 is 11.3 Å². The number of para-hydroxylation sites is 1. The van der Waals surface area contributed by atoms with Crippen LogP contribution in [0.4, 0.5) is 4.39 Å². The highest BCUT2D eigenvalue weighted by Gasteiger charge is 2.27. The summed E-state index contributed by atoms with van der Waals surface area (Å²) in [6, 6.07) is 6.02. The number of carbonyl (C=O) groups excluding carboxylic acids is 1. The summed E-state index contributed by atoms with van der Waals surface area (Å²) in [7, 11) is 0. The van der Waals surface area contributed by atoms with E-state index in [9.17, 15) is 9.18 Å². The first kappa shape index (κ1) is 20.4. The fraction of sp³-hybridized carbons (Fsp3) is 0.500. The maximum Gasteiger partial charge on any atom is 0.226 e. The van der Waals surface area contributed by atoms with E-state index in [1.807, 2.05) is 26.2 Å². The highest BCUT2D eigenvalue weighted by molar-refractivity contribution is 7.09. The molecule has 6 heteroatoms. The number of hydrogen-bond donors (Lipinski definition) is 1. The van der Waals surface area contributed by atoms with Gasteiger partial charge in [0.1, 0.15) is 6.61 Å². The van der Waals surface area contributed by atoms with Crippen molar-refractivity contribution in [2.75, 3.05) is 6.61 Å². The molecule has 0 saturated carbocycles. The molecule has 1 atom stereocenters. The molecule has 1 heterocycles. The van der Waals surface area contributed by atoms with Crippen molar-refractivity contribution in [3.63, 3.8) is 0 Å². The predicted octanol–water partition coefficient (Wildman–Crippen LogP) is 4.56. The summed E-state index contributed by atoms with van der Waals surface area (Å²) >= 11 is 1.58. The van der Waals surface area contributed by atoms with E-state index in [0.29, 0.717) is 5.92 Å².